The third kappa shape index (κ3) is 3.07. The van der Waals surface area contributed by atoms with Crippen molar-refractivity contribution < 1.29 is 0 Å². The lowest BCUT2D eigenvalue weighted by molar-refractivity contribution is 0.240. The number of aliphatic imine (C=N–C) groups is 1. The summed E-state index contributed by atoms with van der Waals surface area (Å²) in [5.74, 6) is 0.389. The van der Waals surface area contributed by atoms with E-state index in [1.54, 1.807) is 0 Å². The Kier molecular flexibility index (Phi) is 5.05. The lowest BCUT2D eigenvalue weighted by Crippen LogP contribution is -2.42. The average Bonchev–Trinajstić information content (AvgIpc) is 2.60. The highest BCUT2D eigenvalue weighted by Crippen LogP contribution is 2.42. The Morgan fingerprint density at radius 3 is 2.78 bits per heavy atom. The summed E-state index contributed by atoms with van der Waals surface area (Å²) >= 11 is 1.98. The quantitative estimate of drug-likeness (QED) is 0.710. The van der Waals surface area contributed by atoms with Gasteiger partial charge in [-0.2, -0.15) is 0 Å². The largest absolute Gasteiger partial charge is 0.345 e. The van der Waals surface area contributed by atoms with Crippen molar-refractivity contribution in [1.29, 1.82) is 0 Å². The van der Waals surface area contributed by atoms with Gasteiger partial charge in [-0.15, -0.1) is 0 Å². The molecule has 2 rings (SSSR count). The maximum Gasteiger partial charge on any atom is 0.160 e. The minimum atomic E-state index is 0.389. The summed E-state index contributed by atoms with van der Waals surface area (Å²) in [4.78, 5) is 7.25. The zero-order valence-corrected chi connectivity index (χ0v) is 12.7. The molecule has 1 aliphatic heterocycles. The smallest absolute Gasteiger partial charge is 0.160 e. The van der Waals surface area contributed by atoms with Crippen LogP contribution in [-0.2, 0) is 0 Å². The minimum absolute atomic E-state index is 0.389. The molecule has 0 N–H and O–H groups in total. The molecule has 2 aliphatic rings. The second-order valence-corrected chi connectivity index (χ2v) is 6.97. The number of amidine groups is 1. The van der Waals surface area contributed by atoms with Gasteiger partial charge in [0, 0.05) is 23.9 Å². The lowest BCUT2D eigenvalue weighted by Gasteiger charge is -2.34. The Morgan fingerprint density at radius 2 is 2.11 bits per heavy atom. The molecule has 0 aromatic carbocycles. The van der Waals surface area contributed by atoms with Gasteiger partial charge in [-0.1, -0.05) is 36.8 Å². The van der Waals surface area contributed by atoms with Gasteiger partial charge in [-0.25, -0.2) is 0 Å². The number of fused-ring (bicyclic) bond motifs is 1. The van der Waals surface area contributed by atoms with Gasteiger partial charge < -0.3 is 4.90 Å². The number of hydrogen-bond donors (Lipinski definition) is 0. The highest BCUT2D eigenvalue weighted by Gasteiger charge is 2.40. The highest BCUT2D eigenvalue weighted by molar-refractivity contribution is 8.14. The van der Waals surface area contributed by atoms with E-state index in [0.717, 1.165) is 13.0 Å². The molecule has 1 saturated heterocycles. The molecule has 18 heavy (non-hydrogen) atoms. The van der Waals surface area contributed by atoms with Crippen LogP contribution in [0.2, 0.25) is 5.82 Å². The van der Waals surface area contributed by atoms with Gasteiger partial charge in [-0.3, -0.25) is 4.99 Å². The molecule has 0 aromatic rings. The molecule has 3 atom stereocenters. The summed E-state index contributed by atoms with van der Waals surface area (Å²) < 4.78 is 0. The summed E-state index contributed by atoms with van der Waals surface area (Å²) in [5, 5.41) is 1.92. The first-order valence-corrected chi connectivity index (χ1v) is 8.26. The third-order valence-corrected chi connectivity index (χ3v) is 5.33. The predicted molar refractivity (Wildman–Crippen MR) is 82.7 cm³/mol. The molecule has 1 saturated carbocycles. The van der Waals surface area contributed by atoms with Gasteiger partial charge in [0.15, 0.2) is 5.17 Å². The maximum absolute atomic E-state index is 6.23. The Balaban J connectivity index is 2.18. The SMILES string of the molecule is [B]C1CCCCC2C(C1)SC(=NCC)N2C(C)C. The fraction of sp³-hybridized carbons (Fsp3) is 0.929. The van der Waals surface area contributed by atoms with Crippen molar-refractivity contribution in [3.8, 4) is 0 Å². The topological polar surface area (TPSA) is 15.6 Å². The number of hydrogen-bond acceptors (Lipinski definition) is 2. The molecule has 1 heterocycles. The second-order valence-electron chi connectivity index (χ2n) is 5.76. The van der Waals surface area contributed by atoms with Crippen molar-refractivity contribution in [2.75, 3.05) is 6.54 Å². The van der Waals surface area contributed by atoms with Crippen molar-refractivity contribution in [2.45, 2.75) is 76.0 Å². The first kappa shape index (κ1) is 14.3. The second kappa shape index (κ2) is 6.36. The van der Waals surface area contributed by atoms with Gasteiger partial charge in [0.05, 0.1) is 7.85 Å². The first-order chi connectivity index (χ1) is 8.63. The molecule has 100 valence electrons. The van der Waals surface area contributed by atoms with Gasteiger partial charge in [0.2, 0.25) is 0 Å². The molecular formula is C14H25BN2S. The van der Waals surface area contributed by atoms with E-state index in [0.29, 0.717) is 23.2 Å². The molecule has 2 radical (unpaired) electrons. The zero-order valence-electron chi connectivity index (χ0n) is 11.9. The van der Waals surface area contributed by atoms with Crippen LogP contribution >= 0.6 is 11.8 Å². The molecule has 0 bridgehead atoms. The van der Waals surface area contributed by atoms with Crippen LogP contribution in [0.5, 0.6) is 0 Å². The standard InChI is InChI=1S/C14H25BN2S/c1-4-16-14-17(10(2)3)12-8-6-5-7-11(15)9-13(12)18-14/h10-13H,4-9H2,1-3H3. The van der Waals surface area contributed by atoms with E-state index in [1.807, 2.05) is 11.8 Å². The number of rotatable bonds is 2. The molecule has 2 nitrogen and oxygen atoms in total. The molecule has 0 amide bonds. The Labute approximate surface area is 117 Å². The normalized spacial score (nSPS) is 35.7. The Hall–Kier alpha value is -0.115. The Bertz CT molecular complexity index is 306. The molecular weight excluding hydrogens is 239 g/mol. The van der Waals surface area contributed by atoms with Crippen molar-refractivity contribution in [3.63, 3.8) is 0 Å². The van der Waals surface area contributed by atoms with E-state index in [-0.39, 0.29) is 0 Å². The van der Waals surface area contributed by atoms with Crippen LogP contribution < -0.4 is 0 Å². The van der Waals surface area contributed by atoms with Crippen molar-refractivity contribution in [1.82, 2.24) is 4.90 Å². The van der Waals surface area contributed by atoms with Crippen molar-refractivity contribution >= 4 is 24.8 Å². The fourth-order valence-electron chi connectivity index (χ4n) is 3.16. The van der Waals surface area contributed by atoms with Crippen LogP contribution in [0.1, 0.15) is 52.9 Å². The van der Waals surface area contributed by atoms with Crippen LogP contribution in [0.25, 0.3) is 0 Å². The zero-order chi connectivity index (χ0) is 13.1. The summed E-state index contributed by atoms with van der Waals surface area (Å²) in [6.45, 7) is 7.58. The minimum Gasteiger partial charge on any atom is -0.345 e. The van der Waals surface area contributed by atoms with Crippen LogP contribution in [0, 0.1) is 0 Å². The molecule has 3 unspecified atom stereocenters. The van der Waals surface area contributed by atoms with E-state index >= 15 is 0 Å². The summed E-state index contributed by atoms with van der Waals surface area (Å²) in [6.07, 6.45) is 6.28. The van der Waals surface area contributed by atoms with E-state index in [1.165, 1.54) is 30.9 Å². The van der Waals surface area contributed by atoms with Crippen LogP contribution in [0.15, 0.2) is 4.99 Å². The summed E-state index contributed by atoms with van der Waals surface area (Å²) in [6, 6.07) is 1.21. The van der Waals surface area contributed by atoms with E-state index in [4.69, 9.17) is 12.8 Å². The van der Waals surface area contributed by atoms with Gasteiger partial charge >= 0.3 is 0 Å². The molecule has 4 heteroatoms. The lowest BCUT2D eigenvalue weighted by atomic mass is 9.76. The van der Waals surface area contributed by atoms with E-state index < -0.39 is 0 Å². The fourth-order valence-corrected chi connectivity index (χ4v) is 4.87. The summed E-state index contributed by atoms with van der Waals surface area (Å²) in [5.41, 5.74) is 0. The Morgan fingerprint density at radius 1 is 1.39 bits per heavy atom. The van der Waals surface area contributed by atoms with E-state index in [2.05, 4.69) is 25.7 Å². The number of nitrogens with zero attached hydrogens (tertiary/aromatic N) is 2. The predicted octanol–water partition coefficient (Wildman–Crippen LogP) is 3.48. The maximum atomic E-state index is 6.23. The van der Waals surface area contributed by atoms with Gasteiger partial charge in [-0.05, 0) is 33.6 Å². The molecule has 2 fully saturated rings. The van der Waals surface area contributed by atoms with Gasteiger partial charge in [0.25, 0.3) is 0 Å². The van der Waals surface area contributed by atoms with Crippen LogP contribution in [0.4, 0.5) is 0 Å². The average molecular weight is 264 g/mol. The number of thioether (sulfide) groups is 1. The monoisotopic (exact) mass is 264 g/mol. The first-order valence-electron chi connectivity index (χ1n) is 7.38. The van der Waals surface area contributed by atoms with E-state index in [9.17, 15) is 0 Å². The highest BCUT2D eigenvalue weighted by atomic mass is 32.2. The third-order valence-electron chi connectivity index (χ3n) is 3.97. The summed E-state index contributed by atoms with van der Waals surface area (Å²) in [7, 11) is 6.23. The molecule has 0 aromatic heterocycles. The van der Waals surface area contributed by atoms with Crippen molar-refractivity contribution in [3.05, 3.63) is 0 Å². The van der Waals surface area contributed by atoms with Crippen molar-refractivity contribution in [2.24, 2.45) is 4.99 Å². The molecule has 1 aliphatic carbocycles. The molecule has 0 spiro atoms. The van der Waals surface area contributed by atoms with Crippen LogP contribution in [0.3, 0.4) is 0 Å². The van der Waals surface area contributed by atoms with Crippen LogP contribution in [-0.4, -0.2) is 41.8 Å². The van der Waals surface area contributed by atoms with Gasteiger partial charge in [0.1, 0.15) is 0 Å².